The molecule has 1 heterocycles. The Bertz CT molecular complexity index is 159. The number of likely N-dealkylation sites (tertiary alicyclic amines) is 1. The van der Waals surface area contributed by atoms with Crippen molar-refractivity contribution in [1.82, 2.24) is 4.90 Å². The molecule has 0 saturated carbocycles. The lowest BCUT2D eigenvalue weighted by atomic mass is 10.1. The molecule has 3 heteroatoms. The maximum absolute atomic E-state index is 10.8. The van der Waals surface area contributed by atoms with Gasteiger partial charge in [0.15, 0.2) is 0 Å². The number of nitrogens with zero attached hydrogens (tertiary/aromatic N) is 1. The van der Waals surface area contributed by atoms with Crippen LogP contribution in [0.1, 0.15) is 19.8 Å². The minimum atomic E-state index is 0.236. The van der Waals surface area contributed by atoms with Gasteiger partial charge in [-0.3, -0.25) is 9.69 Å². The van der Waals surface area contributed by atoms with E-state index in [0.717, 1.165) is 25.9 Å². The lowest BCUT2D eigenvalue weighted by Gasteiger charge is -2.12. The number of hydrogen-bond donors (Lipinski definition) is 1. The van der Waals surface area contributed by atoms with Crippen LogP contribution in [0.2, 0.25) is 0 Å². The van der Waals surface area contributed by atoms with Crippen molar-refractivity contribution in [2.75, 3.05) is 26.2 Å². The predicted molar refractivity (Wildman–Crippen MR) is 46.9 cm³/mol. The van der Waals surface area contributed by atoms with Gasteiger partial charge in [-0.15, -0.1) is 0 Å². The fourth-order valence-electron chi connectivity index (χ4n) is 1.79. The van der Waals surface area contributed by atoms with E-state index in [0.29, 0.717) is 12.5 Å². The Balaban J connectivity index is 2.21. The SMILES string of the molecule is CC(=O)CN1CCC(CCO)C1. The van der Waals surface area contributed by atoms with Crippen LogP contribution in [0, 0.1) is 5.92 Å². The monoisotopic (exact) mass is 171 g/mol. The first-order valence-electron chi connectivity index (χ1n) is 4.55. The first-order chi connectivity index (χ1) is 5.72. The van der Waals surface area contributed by atoms with Gasteiger partial charge in [-0.2, -0.15) is 0 Å². The van der Waals surface area contributed by atoms with Gasteiger partial charge >= 0.3 is 0 Å². The Hall–Kier alpha value is -0.410. The van der Waals surface area contributed by atoms with Crippen molar-refractivity contribution < 1.29 is 9.90 Å². The van der Waals surface area contributed by atoms with Gasteiger partial charge in [-0.25, -0.2) is 0 Å². The van der Waals surface area contributed by atoms with Crippen molar-refractivity contribution in [3.8, 4) is 0 Å². The van der Waals surface area contributed by atoms with Gasteiger partial charge in [0.1, 0.15) is 5.78 Å². The number of hydrogen-bond acceptors (Lipinski definition) is 3. The number of carbonyl (C=O) groups is 1. The average molecular weight is 171 g/mol. The number of aliphatic hydroxyl groups is 1. The molecule has 1 atom stereocenters. The van der Waals surface area contributed by atoms with Crippen LogP contribution in [0.4, 0.5) is 0 Å². The highest BCUT2D eigenvalue weighted by Crippen LogP contribution is 2.18. The van der Waals surface area contributed by atoms with Crippen LogP contribution >= 0.6 is 0 Å². The van der Waals surface area contributed by atoms with Crippen LogP contribution in [-0.2, 0) is 4.79 Å². The molecule has 0 aliphatic carbocycles. The molecule has 0 spiro atoms. The first-order valence-corrected chi connectivity index (χ1v) is 4.55. The van der Waals surface area contributed by atoms with Crippen molar-refractivity contribution in [1.29, 1.82) is 0 Å². The lowest BCUT2D eigenvalue weighted by molar-refractivity contribution is -0.117. The molecule has 3 nitrogen and oxygen atoms in total. The molecule has 1 saturated heterocycles. The summed E-state index contributed by atoms with van der Waals surface area (Å²) in [7, 11) is 0. The normalized spacial score (nSPS) is 24.7. The maximum atomic E-state index is 10.8. The predicted octanol–water partition coefficient (Wildman–Crippen LogP) is 0.280. The van der Waals surface area contributed by atoms with Crippen molar-refractivity contribution in [3.63, 3.8) is 0 Å². The van der Waals surface area contributed by atoms with Crippen molar-refractivity contribution in [2.24, 2.45) is 5.92 Å². The standard InChI is InChI=1S/C9H17NO2/c1-8(12)6-10-4-2-9(7-10)3-5-11/h9,11H,2-7H2,1H3. The summed E-state index contributed by atoms with van der Waals surface area (Å²) in [5.74, 6) is 0.842. The fourth-order valence-corrected chi connectivity index (χ4v) is 1.79. The third-order valence-electron chi connectivity index (χ3n) is 2.35. The summed E-state index contributed by atoms with van der Waals surface area (Å²) in [5, 5.41) is 8.71. The Morgan fingerprint density at radius 3 is 3.00 bits per heavy atom. The van der Waals surface area contributed by atoms with E-state index in [2.05, 4.69) is 4.90 Å². The Morgan fingerprint density at radius 1 is 1.67 bits per heavy atom. The van der Waals surface area contributed by atoms with Crippen molar-refractivity contribution in [2.45, 2.75) is 19.8 Å². The minimum absolute atomic E-state index is 0.236. The second kappa shape index (κ2) is 4.58. The molecule has 1 fully saturated rings. The van der Waals surface area contributed by atoms with E-state index in [4.69, 9.17) is 5.11 Å². The number of carbonyl (C=O) groups excluding carboxylic acids is 1. The van der Waals surface area contributed by atoms with Crippen LogP contribution in [0.5, 0.6) is 0 Å². The highest BCUT2D eigenvalue weighted by Gasteiger charge is 2.22. The maximum Gasteiger partial charge on any atom is 0.143 e. The van der Waals surface area contributed by atoms with Crippen LogP contribution < -0.4 is 0 Å². The molecule has 0 aromatic heterocycles. The third kappa shape index (κ3) is 2.91. The molecule has 12 heavy (non-hydrogen) atoms. The highest BCUT2D eigenvalue weighted by atomic mass is 16.3. The van der Waals surface area contributed by atoms with E-state index in [1.807, 2.05) is 0 Å². The molecule has 1 rings (SSSR count). The average Bonchev–Trinajstić information content (AvgIpc) is 2.36. The number of ketones is 1. The zero-order chi connectivity index (χ0) is 8.97. The number of Topliss-reactive ketones (excluding diaryl/α,β-unsaturated/α-hetero) is 1. The number of rotatable bonds is 4. The fraction of sp³-hybridized carbons (Fsp3) is 0.889. The van der Waals surface area contributed by atoms with E-state index in [9.17, 15) is 4.79 Å². The molecule has 1 aliphatic heterocycles. The van der Waals surface area contributed by atoms with E-state index in [1.54, 1.807) is 6.92 Å². The van der Waals surface area contributed by atoms with E-state index < -0.39 is 0 Å². The lowest BCUT2D eigenvalue weighted by Crippen LogP contribution is -2.26. The molecule has 0 bridgehead atoms. The van der Waals surface area contributed by atoms with Crippen LogP contribution in [-0.4, -0.2) is 42.0 Å². The van der Waals surface area contributed by atoms with Crippen LogP contribution in [0.15, 0.2) is 0 Å². The Kier molecular flexibility index (Phi) is 3.69. The molecule has 0 aromatic rings. The quantitative estimate of drug-likeness (QED) is 0.660. The molecule has 1 aliphatic rings. The molecule has 1 unspecified atom stereocenters. The number of aliphatic hydroxyl groups excluding tert-OH is 1. The molecule has 0 aromatic carbocycles. The third-order valence-corrected chi connectivity index (χ3v) is 2.35. The molecule has 0 amide bonds. The summed E-state index contributed by atoms with van der Waals surface area (Å²) in [5.41, 5.74) is 0. The Labute approximate surface area is 73.4 Å². The molecule has 70 valence electrons. The highest BCUT2D eigenvalue weighted by molar-refractivity contribution is 5.77. The second-order valence-electron chi connectivity index (χ2n) is 3.60. The van der Waals surface area contributed by atoms with Gasteiger partial charge in [0.2, 0.25) is 0 Å². The van der Waals surface area contributed by atoms with Gasteiger partial charge in [0.05, 0.1) is 6.54 Å². The van der Waals surface area contributed by atoms with Crippen molar-refractivity contribution in [3.05, 3.63) is 0 Å². The summed E-state index contributed by atoms with van der Waals surface area (Å²) < 4.78 is 0. The van der Waals surface area contributed by atoms with E-state index in [1.165, 1.54) is 0 Å². The van der Waals surface area contributed by atoms with Gasteiger partial charge in [0.25, 0.3) is 0 Å². The Morgan fingerprint density at radius 2 is 2.42 bits per heavy atom. The molecular formula is C9H17NO2. The molecule has 1 N–H and O–H groups in total. The van der Waals surface area contributed by atoms with Gasteiger partial charge in [-0.05, 0) is 32.2 Å². The minimum Gasteiger partial charge on any atom is -0.396 e. The summed E-state index contributed by atoms with van der Waals surface area (Å²) in [6.07, 6.45) is 2.02. The molecular weight excluding hydrogens is 154 g/mol. The topological polar surface area (TPSA) is 40.5 Å². The van der Waals surface area contributed by atoms with E-state index in [-0.39, 0.29) is 12.4 Å². The second-order valence-corrected chi connectivity index (χ2v) is 3.60. The van der Waals surface area contributed by atoms with Crippen LogP contribution in [0.25, 0.3) is 0 Å². The molecule has 0 radical (unpaired) electrons. The largest absolute Gasteiger partial charge is 0.396 e. The van der Waals surface area contributed by atoms with Gasteiger partial charge in [-0.1, -0.05) is 0 Å². The van der Waals surface area contributed by atoms with Crippen molar-refractivity contribution >= 4 is 5.78 Å². The zero-order valence-corrected chi connectivity index (χ0v) is 7.62. The zero-order valence-electron chi connectivity index (χ0n) is 7.62. The van der Waals surface area contributed by atoms with Gasteiger partial charge < -0.3 is 5.11 Å². The van der Waals surface area contributed by atoms with E-state index >= 15 is 0 Å². The summed E-state index contributed by atoms with van der Waals surface area (Å²) in [4.78, 5) is 12.9. The van der Waals surface area contributed by atoms with Crippen LogP contribution in [0.3, 0.4) is 0 Å². The summed E-state index contributed by atoms with van der Waals surface area (Å²) in [6, 6.07) is 0. The van der Waals surface area contributed by atoms with Gasteiger partial charge in [0, 0.05) is 13.2 Å². The smallest absolute Gasteiger partial charge is 0.143 e. The first kappa shape index (κ1) is 9.68. The summed E-state index contributed by atoms with van der Waals surface area (Å²) >= 11 is 0. The summed E-state index contributed by atoms with van der Waals surface area (Å²) in [6.45, 7) is 4.49.